The van der Waals surface area contributed by atoms with Crippen LogP contribution in [0.3, 0.4) is 0 Å². The number of nitrogens with zero attached hydrogens (tertiary/aromatic N) is 3. The van der Waals surface area contributed by atoms with Gasteiger partial charge in [0.05, 0.1) is 0 Å². The van der Waals surface area contributed by atoms with E-state index >= 15 is 0 Å². The summed E-state index contributed by atoms with van der Waals surface area (Å²) in [7, 11) is 0. The minimum atomic E-state index is -0.190. The zero-order valence-corrected chi connectivity index (χ0v) is 14.7. The first-order chi connectivity index (χ1) is 11.2. The van der Waals surface area contributed by atoms with Gasteiger partial charge >= 0.3 is 0 Å². The molecule has 0 saturated heterocycles. The number of allylic oxidation sites excluding steroid dienone is 2. The molecule has 2 aliphatic rings. The number of halogens is 2. The van der Waals surface area contributed by atoms with Gasteiger partial charge in [-0.25, -0.2) is 4.99 Å². The fourth-order valence-electron chi connectivity index (χ4n) is 2.44. The second-order valence-electron chi connectivity index (χ2n) is 5.22. The van der Waals surface area contributed by atoms with Gasteiger partial charge in [0.15, 0.2) is 5.84 Å². The van der Waals surface area contributed by atoms with Crippen LogP contribution in [0.15, 0.2) is 57.1 Å². The van der Waals surface area contributed by atoms with Gasteiger partial charge in [0.2, 0.25) is 5.91 Å². The van der Waals surface area contributed by atoms with Crippen molar-refractivity contribution in [2.75, 3.05) is 5.88 Å². The van der Waals surface area contributed by atoms with Crippen LogP contribution < -0.4 is 0 Å². The summed E-state index contributed by atoms with van der Waals surface area (Å²) < 4.78 is 0.979. The van der Waals surface area contributed by atoms with Crippen molar-refractivity contribution in [2.45, 2.75) is 19.4 Å². The molecule has 0 radical (unpaired) electrons. The van der Waals surface area contributed by atoms with E-state index in [9.17, 15) is 4.79 Å². The summed E-state index contributed by atoms with van der Waals surface area (Å²) in [5, 5.41) is 0. The largest absolute Gasteiger partial charge is 0.327 e. The molecule has 1 amide bonds. The minimum Gasteiger partial charge on any atom is -0.327 e. The van der Waals surface area contributed by atoms with E-state index in [1.165, 1.54) is 0 Å². The molecule has 0 bridgehead atoms. The van der Waals surface area contributed by atoms with Crippen LogP contribution in [0.1, 0.15) is 24.0 Å². The van der Waals surface area contributed by atoms with Crippen molar-refractivity contribution in [1.82, 2.24) is 4.90 Å². The van der Waals surface area contributed by atoms with Crippen LogP contribution in [0.5, 0.6) is 0 Å². The first kappa shape index (κ1) is 16.1. The summed E-state index contributed by atoms with van der Waals surface area (Å²) in [5.41, 5.74) is 1.98. The SMILES string of the molecule is O=C(CCCCl)N=C1N=C2C=CC(Br)=CN2Cc2ccccc21. The summed E-state index contributed by atoms with van der Waals surface area (Å²) in [6.07, 6.45) is 6.78. The van der Waals surface area contributed by atoms with Crippen molar-refractivity contribution < 1.29 is 4.79 Å². The maximum atomic E-state index is 12.0. The summed E-state index contributed by atoms with van der Waals surface area (Å²) in [6.45, 7) is 0.684. The first-order valence-corrected chi connectivity index (χ1v) is 8.66. The summed E-state index contributed by atoms with van der Waals surface area (Å²) in [4.78, 5) is 22.9. The molecule has 0 N–H and O–H groups in total. The fraction of sp³-hybridized carbons (Fsp3) is 0.235. The molecule has 0 aromatic heterocycles. The lowest BCUT2D eigenvalue weighted by Crippen LogP contribution is -2.24. The Labute approximate surface area is 148 Å². The van der Waals surface area contributed by atoms with Crippen molar-refractivity contribution in [2.24, 2.45) is 9.98 Å². The molecule has 0 spiro atoms. The molecular formula is C17H15BrClN3O. The van der Waals surface area contributed by atoms with E-state index in [1.54, 1.807) is 0 Å². The lowest BCUT2D eigenvalue weighted by molar-refractivity contribution is -0.117. The van der Waals surface area contributed by atoms with Crippen LogP contribution in [0, 0.1) is 0 Å². The number of amidine groups is 2. The van der Waals surface area contributed by atoms with Crippen molar-refractivity contribution in [1.29, 1.82) is 0 Å². The molecule has 0 fully saturated rings. The zero-order chi connectivity index (χ0) is 16.2. The Bertz CT molecular complexity index is 752. The van der Waals surface area contributed by atoms with Gasteiger partial charge in [0, 0.05) is 35.1 Å². The Morgan fingerprint density at radius 2 is 2.17 bits per heavy atom. The summed E-state index contributed by atoms with van der Waals surface area (Å²) >= 11 is 9.13. The predicted octanol–water partition coefficient (Wildman–Crippen LogP) is 4.00. The number of benzene rings is 1. The van der Waals surface area contributed by atoms with E-state index in [0.717, 1.165) is 21.4 Å². The van der Waals surface area contributed by atoms with Crippen molar-refractivity contribution in [3.05, 3.63) is 58.2 Å². The van der Waals surface area contributed by atoms with Crippen LogP contribution in [0.2, 0.25) is 0 Å². The highest BCUT2D eigenvalue weighted by Crippen LogP contribution is 2.23. The molecule has 23 heavy (non-hydrogen) atoms. The van der Waals surface area contributed by atoms with E-state index in [0.29, 0.717) is 31.1 Å². The Morgan fingerprint density at radius 3 is 3.00 bits per heavy atom. The molecule has 1 aromatic carbocycles. The molecule has 2 aliphatic heterocycles. The summed E-state index contributed by atoms with van der Waals surface area (Å²) in [5.74, 6) is 1.50. The third-order valence-electron chi connectivity index (χ3n) is 3.54. The van der Waals surface area contributed by atoms with Crippen LogP contribution in [0.4, 0.5) is 0 Å². The monoisotopic (exact) mass is 391 g/mol. The van der Waals surface area contributed by atoms with Crippen LogP contribution in [-0.2, 0) is 11.3 Å². The number of amides is 1. The van der Waals surface area contributed by atoms with Gasteiger partial charge in [-0.05, 0) is 40.1 Å². The molecule has 118 valence electrons. The van der Waals surface area contributed by atoms with Gasteiger partial charge in [-0.3, -0.25) is 4.79 Å². The highest BCUT2D eigenvalue weighted by Gasteiger charge is 2.21. The molecule has 0 saturated carbocycles. The highest BCUT2D eigenvalue weighted by atomic mass is 79.9. The average molecular weight is 393 g/mol. The normalized spacial score (nSPS) is 18.0. The lowest BCUT2D eigenvalue weighted by atomic mass is 10.1. The number of carbonyl (C=O) groups is 1. The van der Waals surface area contributed by atoms with Crippen molar-refractivity contribution in [3.8, 4) is 0 Å². The van der Waals surface area contributed by atoms with Gasteiger partial charge < -0.3 is 4.90 Å². The molecule has 0 unspecified atom stereocenters. The molecular weight excluding hydrogens is 378 g/mol. The molecule has 6 heteroatoms. The molecule has 2 heterocycles. The van der Waals surface area contributed by atoms with Gasteiger partial charge in [-0.15, -0.1) is 11.6 Å². The third kappa shape index (κ3) is 3.79. The number of rotatable bonds is 3. The van der Waals surface area contributed by atoms with Crippen LogP contribution >= 0.6 is 27.5 Å². The number of fused-ring (bicyclic) bond motifs is 2. The predicted molar refractivity (Wildman–Crippen MR) is 97.1 cm³/mol. The van der Waals surface area contributed by atoms with E-state index in [1.807, 2.05) is 47.5 Å². The first-order valence-electron chi connectivity index (χ1n) is 7.34. The Hall–Kier alpha value is -1.72. The Balaban J connectivity index is 2.03. The van der Waals surface area contributed by atoms with Gasteiger partial charge in [0.1, 0.15) is 5.84 Å². The van der Waals surface area contributed by atoms with E-state index < -0.39 is 0 Å². The quantitative estimate of drug-likeness (QED) is 0.730. The van der Waals surface area contributed by atoms with Crippen LogP contribution in [-0.4, -0.2) is 28.4 Å². The average Bonchev–Trinajstić information content (AvgIpc) is 2.69. The lowest BCUT2D eigenvalue weighted by Gasteiger charge is -2.21. The zero-order valence-electron chi connectivity index (χ0n) is 12.4. The van der Waals surface area contributed by atoms with E-state index in [4.69, 9.17) is 11.6 Å². The van der Waals surface area contributed by atoms with Crippen LogP contribution in [0.25, 0.3) is 0 Å². The maximum Gasteiger partial charge on any atom is 0.247 e. The number of hydrogen-bond donors (Lipinski definition) is 0. The highest BCUT2D eigenvalue weighted by molar-refractivity contribution is 9.11. The van der Waals surface area contributed by atoms with Gasteiger partial charge in [-0.1, -0.05) is 24.3 Å². The molecule has 4 nitrogen and oxygen atoms in total. The standard InChI is InChI=1S/C17H15BrClN3O/c18-13-7-8-15-20-17(21-16(23)6-3-9-19)14-5-2-1-4-12(14)10-22(15)11-13/h1-2,4-5,7-8,11H,3,6,9-10H2. The number of aliphatic imine (C=N–C) groups is 2. The molecule has 1 aromatic rings. The van der Waals surface area contributed by atoms with Gasteiger partial charge in [0.25, 0.3) is 0 Å². The van der Waals surface area contributed by atoms with Gasteiger partial charge in [-0.2, -0.15) is 4.99 Å². The van der Waals surface area contributed by atoms with Crippen molar-refractivity contribution in [3.63, 3.8) is 0 Å². The molecule has 0 atom stereocenters. The number of carbonyl (C=O) groups excluding carboxylic acids is 1. The molecule has 0 aliphatic carbocycles. The fourth-order valence-corrected chi connectivity index (χ4v) is 2.95. The Morgan fingerprint density at radius 1 is 1.35 bits per heavy atom. The van der Waals surface area contributed by atoms with E-state index in [-0.39, 0.29) is 5.91 Å². The number of alkyl halides is 1. The Kier molecular flexibility index (Phi) is 5.08. The molecule has 3 rings (SSSR count). The minimum absolute atomic E-state index is 0.190. The smallest absolute Gasteiger partial charge is 0.247 e. The number of hydrogen-bond acceptors (Lipinski definition) is 2. The topological polar surface area (TPSA) is 45.0 Å². The maximum absolute atomic E-state index is 12.0. The summed E-state index contributed by atoms with van der Waals surface area (Å²) in [6, 6.07) is 7.90. The second-order valence-corrected chi connectivity index (χ2v) is 6.52. The second kappa shape index (κ2) is 7.23. The third-order valence-corrected chi connectivity index (χ3v) is 4.28. The van der Waals surface area contributed by atoms with E-state index in [2.05, 4.69) is 25.9 Å². The van der Waals surface area contributed by atoms with Crippen molar-refractivity contribution >= 4 is 45.1 Å².